The van der Waals surface area contributed by atoms with E-state index in [-0.39, 0.29) is 0 Å². The van der Waals surface area contributed by atoms with E-state index in [4.69, 9.17) is 0 Å². The van der Waals surface area contributed by atoms with Crippen LogP contribution >= 0.6 is 0 Å². The third-order valence-electron chi connectivity index (χ3n) is 5.68. The average Bonchev–Trinajstić information content (AvgIpc) is 3.16. The first kappa shape index (κ1) is 15.6. The first-order valence-corrected chi connectivity index (χ1v) is 10.2. The van der Waals surface area contributed by atoms with Crippen LogP contribution in [-0.2, 0) is 24.7 Å². The molecule has 0 aromatic heterocycles. The molecular weight excluding hydrogens is 355 g/mol. The van der Waals surface area contributed by atoms with Crippen molar-refractivity contribution in [2.24, 2.45) is 5.92 Å². The summed E-state index contributed by atoms with van der Waals surface area (Å²) in [5, 5.41) is 0. The van der Waals surface area contributed by atoms with Crippen molar-refractivity contribution >= 4 is 5.57 Å². The van der Waals surface area contributed by atoms with Gasteiger partial charge in [0, 0.05) is 0 Å². The second-order valence-electron chi connectivity index (χ2n) is 7.13. The van der Waals surface area contributed by atoms with E-state index >= 15 is 0 Å². The number of rotatable bonds is 2. The molecule has 23 heavy (non-hydrogen) atoms. The number of hydrogen-bond donors (Lipinski definition) is 0. The summed E-state index contributed by atoms with van der Waals surface area (Å²) in [7, 11) is 0. The van der Waals surface area contributed by atoms with E-state index in [1.54, 1.807) is 47.0 Å². The zero-order chi connectivity index (χ0) is 16.0. The van der Waals surface area contributed by atoms with Gasteiger partial charge in [-0.05, 0) is 0 Å². The third kappa shape index (κ3) is 2.62. The second-order valence-corrected chi connectivity index (χ2v) is 8.55. The summed E-state index contributed by atoms with van der Waals surface area (Å²) in [6, 6.07) is 16.0. The molecule has 2 aliphatic rings. The summed E-state index contributed by atoms with van der Waals surface area (Å²) in [4.78, 5) is 0. The van der Waals surface area contributed by atoms with Gasteiger partial charge in [-0.1, -0.05) is 0 Å². The minimum absolute atomic E-state index is 0.686. The van der Waals surface area contributed by atoms with E-state index in [0.717, 1.165) is 5.92 Å². The fourth-order valence-electron chi connectivity index (χ4n) is 4.51. The van der Waals surface area contributed by atoms with Crippen LogP contribution in [0.25, 0.3) is 16.7 Å². The molecule has 0 spiro atoms. The van der Waals surface area contributed by atoms with Crippen LogP contribution in [-0.4, -0.2) is 0 Å². The SMILES string of the molecule is CC1=C(C2CCCC2)[CH]([Zr])c2cccc(-c3ccc(C)cc3)c21. The predicted molar refractivity (Wildman–Crippen MR) is 93.9 cm³/mol. The van der Waals surface area contributed by atoms with Crippen LogP contribution in [0, 0.1) is 12.8 Å². The van der Waals surface area contributed by atoms with Crippen molar-refractivity contribution in [2.75, 3.05) is 0 Å². The van der Waals surface area contributed by atoms with Gasteiger partial charge in [-0.15, -0.1) is 0 Å². The van der Waals surface area contributed by atoms with Crippen LogP contribution in [0.15, 0.2) is 48.0 Å². The molecule has 2 aliphatic carbocycles. The maximum absolute atomic E-state index is 2.38. The topological polar surface area (TPSA) is 0 Å². The van der Waals surface area contributed by atoms with Crippen LogP contribution in [0.1, 0.15) is 52.9 Å². The Morgan fingerprint density at radius 3 is 2.30 bits per heavy atom. The molecule has 0 bridgehead atoms. The minimum atomic E-state index is 0.686. The number of aryl methyl sites for hydroxylation is 1. The van der Waals surface area contributed by atoms with Gasteiger partial charge < -0.3 is 0 Å². The summed E-state index contributed by atoms with van der Waals surface area (Å²) in [6.07, 6.45) is 5.66. The van der Waals surface area contributed by atoms with Crippen LogP contribution in [0.2, 0.25) is 0 Å². The van der Waals surface area contributed by atoms with E-state index in [9.17, 15) is 0 Å². The fraction of sp³-hybridized carbons (Fsp3) is 0.364. The molecule has 0 N–H and O–H groups in total. The summed E-state index contributed by atoms with van der Waals surface area (Å²) in [5.41, 5.74) is 10.6. The Morgan fingerprint density at radius 1 is 0.913 bits per heavy atom. The van der Waals surface area contributed by atoms with E-state index in [1.807, 2.05) is 0 Å². The average molecular weight is 379 g/mol. The molecule has 0 heterocycles. The molecule has 1 atom stereocenters. The summed E-state index contributed by atoms with van der Waals surface area (Å²) >= 11 is 1.65. The third-order valence-corrected chi connectivity index (χ3v) is 7.21. The Kier molecular flexibility index (Phi) is 4.18. The van der Waals surface area contributed by atoms with Gasteiger partial charge in [-0.3, -0.25) is 0 Å². The number of hydrogen-bond acceptors (Lipinski definition) is 0. The summed E-state index contributed by atoms with van der Waals surface area (Å²) in [6.45, 7) is 4.54. The molecule has 0 nitrogen and oxygen atoms in total. The molecule has 2 aromatic rings. The van der Waals surface area contributed by atoms with E-state index < -0.39 is 0 Å². The van der Waals surface area contributed by atoms with Gasteiger partial charge in [-0.25, -0.2) is 0 Å². The maximum atomic E-state index is 2.38. The summed E-state index contributed by atoms with van der Waals surface area (Å²) < 4.78 is 0.686. The molecule has 2 aromatic carbocycles. The van der Waals surface area contributed by atoms with Crippen molar-refractivity contribution in [3.8, 4) is 11.1 Å². The van der Waals surface area contributed by atoms with Crippen molar-refractivity contribution < 1.29 is 24.7 Å². The Hall–Kier alpha value is -0.937. The van der Waals surface area contributed by atoms with Crippen molar-refractivity contribution in [2.45, 2.75) is 43.2 Å². The zero-order valence-corrected chi connectivity index (χ0v) is 16.5. The molecule has 0 radical (unpaired) electrons. The first-order valence-electron chi connectivity index (χ1n) is 8.79. The molecule has 0 saturated heterocycles. The van der Waals surface area contributed by atoms with Crippen LogP contribution in [0.5, 0.6) is 0 Å². The van der Waals surface area contributed by atoms with Crippen LogP contribution < -0.4 is 0 Å². The van der Waals surface area contributed by atoms with Gasteiger partial charge in [0.1, 0.15) is 0 Å². The van der Waals surface area contributed by atoms with E-state index in [1.165, 1.54) is 42.4 Å². The van der Waals surface area contributed by atoms with Crippen molar-refractivity contribution in [1.29, 1.82) is 0 Å². The predicted octanol–water partition coefficient (Wildman–Crippen LogP) is 6.23. The summed E-state index contributed by atoms with van der Waals surface area (Å²) in [5.74, 6) is 0.845. The van der Waals surface area contributed by atoms with Gasteiger partial charge in [-0.2, -0.15) is 0 Å². The number of allylic oxidation sites excluding steroid dienone is 2. The van der Waals surface area contributed by atoms with Gasteiger partial charge in [0.15, 0.2) is 0 Å². The fourth-order valence-corrected chi connectivity index (χ4v) is 6.21. The van der Waals surface area contributed by atoms with Crippen LogP contribution in [0.4, 0.5) is 0 Å². The molecule has 1 fully saturated rings. The molecule has 4 rings (SSSR count). The molecule has 1 saturated carbocycles. The van der Waals surface area contributed by atoms with E-state index in [2.05, 4.69) is 56.3 Å². The van der Waals surface area contributed by atoms with Gasteiger partial charge in [0.25, 0.3) is 0 Å². The Balaban J connectivity index is 1.86. The Morgan fingerprint density at radius 2 is 1.61 bits per heavy atom. The Bertz CT molecular complexity index is 761. The van der Waals surface area contributed by atoms with Crippen molar-refractivity contribution in [1.82, 2.24) is 0 Å². The molecular formula is C22H23Zr. The standard InChI is InChI=1S/C22H23.Zr/c1-15-10-12-18(13-11-15)20-9-5-8-19-14-21(16(2)22(19)20)17-6-3-4-7-17;/h5,8-14,17H,3-4,6-7H2,1-2H3;. The van der Waals surface area contributed by atoms with Gasteiger partial charge >= 0.3 is 155 Å². The monoisotopic (exact) mass is 377 g/mol. The molecule has 0 amide bonds. The van der Waals surface area contributed by atoms with Crippen LogP contribution in [0.3, 0.4) is 0 Å². The van der Waals surface area contributed by atoms with Crippen molar-refractivity contribution in [3.05, 3.63) is 64.7 Å². The van der Waals surface area contributed by atoms with Crippen molar-refractivity contribution in [3.63, 3.8) is 0 Å². The van der Waals surface area contributed by atoms with Gasteiger partial charge in [0.2, 0.25) is 0 Å². The normalized spacial score (nSPS) is 21.0. The van der Waals surface area contributed by atoms with Gasteiger partial charge in [0.05, 0.1) is 0 Å². The zero-order valence-electron chi connectivity index (χ0n) is 14.0. The van der Waals surface area contributed by atoms with E-state index in [0.29, 0.717) is 3.63 Å². The second kappa shape index (κ2) is 6.17. The first-order chi connectivity index (χ1) is 11.2. The molecule has 1 heteroatoms. The number of benzene rings is 2. The number of fused-ring (bicyclic) bond motifs is 1. The Labute approximate surface area is 154 Å². The molecule has 0 aliphatic heterocycles. The quantitative estimate of drug-likeness (QED) is 0.581. The molecule has 1 unspecified atom stereocenters. The molecule has 115 valence electrons.